The third-order valence-corrected chi connectivity index (χ3v) is 3.00. The minimum atomic E-state index is -0.336. The second-order valence-corrected chi connectivity index (χ2v) is 4.02. The van der Waals surface area contributed by atoms with Gasteiger partial charge in [0.05, 0.1) is 7.11 Å². The van der Waals surface area contributed by atoms with Crippen molar-refractivity contribution in [3.63, 3.8) is 0 Å². The fraction of sp³-hybridized carbons (Fsp3) is 0.750. The van der Waals surface area contributed by atoms with E-state index < -0.39 is 0 Å². The van der Waals surface area contributed by atoms with Crippen LogP contribution >= 0.6 is 11.8 Å². The standard InChI is InChI=1S/C8H15N5O2S/c1-4-9-6(7(14)15-3)5-16-8-10-11-12-13(8)2/h6,9H,4-5H2,1-3H3. The minimum Gasteiger partial charge on any atom is -0.468 e. The zero-order valence-electron chi connectivity index (χ0n) is 9.51. The van der Waals surface area contributed by atoms with Gasteiger partial charge in [0.15, 0.2) is 0 Å². The highest BCUT2D eigenvalue weighted by Gasteiger charge is 2.19. The van der Waals surface area contributed by atoms with E-state index in [0.717, 1.165) is 0 Å². The number of aryl methyl sites for hydroxylation is 1. The molecule has 0 saturated carbocycles. The molecule has 90 valence electrons. The van der Waals surface area contributed by atoms with Gasteiger partial charge in [0.1, 0.15) is 6.04 Å². The van der Waals surface area contributed by atoms with Gasteiger partial charge < -0.3 is 10.1 Å². The van der Waals surface area contributed by atoms with Gasteiger partial charge in [0, 0.05) is 12.8 Å². The molecule has 0 amide bonds. The molecule has 0 radical (unpaired) electrons. The van der Waals surface area contributed by atoms with Crippen molar-refractivity contribution in [2.75, 3.05) is 19.4 Å². The molecule has 7 nitrogen and oxygen atoms in total. The maximum Gasteiger partial charge on any atom is 0.323 e. The summed E-state index contributed by atoms with van der Waals surface area (Å²) >= 11 is 1.41. The molecule has 1 aromatic rings. The largest absolute Gasteiger partial charge is 0.468 e. The van der Waals surface area contributed by atoms with Crippen molar-refractivity contribution in [1.82, 2.24) is 25.5 Å². The monoisotopic (exact) mass is 245 g/mol. The third-order valence-electron chi connectivity index (χ3n) is 1.90. The van der Waals surface area contributed by atoms with Gasteiger partial charge in [-0.1, -0.05) is 18.7 Å². The van der Waals surface area contributed by atoms with Crippen LogP contribution in [0.1, 0.15) is 6.92 Å². The summed E-state index contributed by atoms with van der Waals surface area (Å²) in [6, 6.07) is -0.336. The lowest BCUT2D eigenvalue weighted by atomic mass is 10.3. The summed E-state index contributed by atoms with van der Waals surface area (Å²) in [6.45, 7) is 2.64. The van der Waals surface area contributed by atoms with Crippen molar-refractivity contribution < 1.29 is 9.53 Å². The molecule has 1 unspecified atom stereocenters. The number of carbonyl (C=O) groups excluding carboxylic acids is 1. The number of rotatable bonds is 6. The van der Waals surface area contributed by atoms with E-state index in [1.165, 1.54) is 18.9 Å². The van der Waals surface area contributed by atoms with Crippen LogP contribution in [0.3, 0.4) is 0 Å². The number of nitrogens with zero attached hydrogens (tertiary/aromatic N) is 4. The number of esters is 1. The van der Waals surface area contributed by atoms with Crippen LogP contribution in [0.25, 0.3) is 0 Å². The van der Waals surface area contributed by atoms with Gasteiger partial charge in [-0.25, -0.2) is 4.68 Å². The van der Waals surface area contributed by atoms with E-state index in [0.29, 0.717) is 17.5 Å². The molecule has 1 atom stereocenters. The predicted molar refractivity (Wildman–Crippen MR) is 59.0 cm³/mol. The maximum absolute atomic E-state index is 11.4. The summed E-state index contributed by atoms with van der Waals surface area (Å²) in [5.41, 5.74) is 0. The van der Waals surface area contributed by atoms with Gasteiger partial charge in [-0.2, -0.15) is 0 Å². The topological polar surface area (TPSA) is 81.9 Å². The predicted octanol–water partition coefficient (Wildman–Crippen LogP) is -0.547. The summed E-state index contributed by atoms with van der Waals surface area (Å²) < 4.78 is 6.25. The Kier molecular flexibility index (Phi) is 5.20. The smallest absolute Gasteiger partial charge is 0.323 e. The lowest BCUT2D eigenvalue weighted by molar-refractivity contribution is -0.142. The fourth-order valence-corrected chi connectivity index (χ4v) is 1.99. The Morgan fingerprint density at radius 3 is 2.94 bits per heavy atom. The number of tetrazole rings is 1. The highest BCUT2D eigenvalue weighted by atomic mass is 32.2. The second-order valence-electron chi connectivity index (χ2n) is 3.03. The first kappa shape index (κ1) is 12.9. The van der Waals surface area contributed by atoms with E-state index in [1.807, 2.05) is 6.92 Å². The highest BCUT2D eigenvalue weighted by Crippen LogP contribution is 2.13. The number of nitrogens with one attached hydrogen (secondary N) is 1. The first-order valence-electron chi connectivity index (χ1n) is 4.85. The zero-order valence-corrected chi connectivity index (χ0v) is 10.3. The number of ether oxygens (including phenoxy) is 1. The minimum absolute atomic E-state index is 0.274. The molecule has 1 aromatic heterocycles. The van der Waals surface area contributed by atoms with E-state index in [2.05, 4.69) is 20.8 Å². The summed E-state index contributed by atoms with van der Waals surface area (Å²) in [6.07, 6.45) is 0. The molecule has 1 rings (SSSR count). The molecule has 0 saturated heterocycles. The van der Waals surface area contributed by atoms with Crippen molar-refractivity contribution in [2.24, 2.45) is 7.05 Å². The van der Waals surface area contributed by atoms with E-state index in [4.69, 9.17) is 4.74 Å². The third kappa shape index (κ3) is 3.46. The van der Waals surface area contributed by atoms with Crippen molar-refractivity contribution >= 4 is 17.7 Å². The fourth-order valence-electron chi connectivity index (χ4n) is 1.10. The molecule has 0 spiro atoms. The van der Waals surface area contributed by atoms with E-state index >= 15 is 0 Å². The van der Waals surface area contributed by atoms with E-state index in [-0.39, 0.29) is 12.0 Å². The Morgan fingerprint density at radius 2 is 2.44 bits per heavy atom. The van der Waals surface area contributed by atoms with Crippen molar-refractivity contribution in [3.8, 4) is 0 Å². The molecule has 0 bridgehead atoms. The van der Waals surface area contributed by atoms with Crippen LogP contribution in [0, 0.1) is 0 Å². The van der Waals surface area contributed by atoms with E-state index in [9.17, 15) is 4.79 Å². The second kappa shape index (κ2) is 6.44. The molecule has 1 heterocycles. The van der Waals surface area contributed by atoms with Crippen LogP contribution in [0.2, 0.25) is 0 Å². The van der Waals surface area contributed by atoms with Crippen LogP contribution in [0.15, 0.2) is 5.16 Å². The number of hydrogen-bond acceptors (Lipinski definition) is 7. The number of carbonyl (C=O) groups is 1. The molecular formula is C8H15N5O2S. The van der Waals surface area contributed by atoms with Crippen molar-refractivity contribution in [1.29, 1.82) is 0 Å². The van der Waals surface area contributed by atoms with E-state index in [1.54, 1.807) is 11.7 Å². The zero-order chi connectivity index (χ0) is 12.0. The summed E-state index contributed by atoms with van der Waals surface area (Å²) in [5.74, 6) is 0.263. The Balaban J connectivity index is 2.50. The van der Waals surface area contributed by atoms with Crippen molar-refractivity contribution in [3.05, 3.63) is 0 Å². The van der Waals surface area contributed by atoms with Gasteiger partial charge in [0.25, 0.3) is 0 Å². The summed E-state index contributed by atoms with van der Waals surface area (Å²) in [7, 11) is 3.13. The summed E-state index contributed by atoms with van der Waals surface area (Å²) in [5, 5.41) is 14.8. The molecule has 1 N–H and O–H groups in total. The van der Waals surface area contributed by atoms with Gasteiger partial charge in [-0.3, -0.25) is 4.79 Å². The van der Waals surface area contributed by atoms with Crippen LogP contribution in [-0.2, 0) is 16.6 Å². The molecule has 0 aliphatic rings. The van der Waals surface area contributed by atoms with Crippen LogP contribution < -0.4 is 5.32 Å². The Bertz CT molecular complexity index is 343. The molecular weight excluding hydrogens is 230 g/mol. The number of thioether (sulfide) groups is 1. The number of hydrogen-bond donors (Lipinski definition) is 1. The molecule has 0 aliphatic carbocycles. The van der Waals surface area contributed by atoms with Crippen LogP contribution in [-0.4, -0.2) is 51.6 Å². The highest BCUT2D eigenvalue weighted by molar-refractivity contribution is 7.99. The normalized spacial score (nSPS) is 12.4. The Labute approximate surface area is 97.9 Å². The Hall–Kier alpha value is -1.15. The lowest BCUT2D eigenvalue weighted by Crippen LogP contribution is -2.39. The Morgan fingerprint density at radius 1 is 1.69 bits per heavy atom. The lowest BCUT2D eigenvalue weighted by Gasteiger charge is -2.13. The molecule has 16 heavy (non-hydrogen) atoms. The van der Waals surface area contributed by atoms with Gasteiger partial charge in [0.2, 0.25) is 5.16 Å². The molecule has 0 aromatic carbocycles. The van der Waals surface area contributed by atoms with Crippen LogP contribution in [0.5, 0.6) is 0 Å². The van der Waals surface area contributed by atoms with Gasteiger partial charge in [-0.15, -0.1) is 5.10 Å². The average molecular weight is 245 g/mol. The SMILES string of the molecule is CCNC(CSc1nnnn1C)C(=O)OC. The summed E-state index contributed by atoms with van der Waals surface area (Å²) in [4.78, 5) is 11.4. The van der Waals surface area contributed by atoms with Gasteiger partial charge >= 0.3 is 5.97 Å². The molecule has 8 heteroatoms. The number of aromatic nitrogens is 4. The van der Waals surface area contributed by atoms with Crippen LogP contribution in [0.4, 0.5) is 0 Å². The number of likely N-dealkylation sites (N-methyl/N-ethyl adjacent to an activating group) is 1. The molecule has 0 fully saturated rings. The first-order chi connectivity index (χ1) is 7.69. The average Bonchev–Trinajstić information content (AvgIpc) is 2.69. The first-order valence-corrected chi connectivity index (χ1v) is 5.84. The molecule has 0 aliphatic heterocycles. The number of methoxy groups -OCH3 is 1. The van der Waals surface area contributed by atoms with Gasteiger partial charge in [-0.05, 0) is 17.0 Å². The quantitative estimate of drug-likeness (QED) is 0.532. The van der Waals surface area contributed by atoms with Crippen molar-refractivity contribution in [2.45, 2.75) is 18.1 Å². The maximum atomic E-state index is 11.4.